The summed E-state index contributed by atoms with van der Waals surface area (Å²) in [5.74, 6) is -0.533. The van der Waals surface area contributed by atoms with Gasteiger partial charge in [0.15, 0.2) is 5.65 Å². The Morgan fingerprint density at radius 1 is 1.13 bits per heavy atom. The predicted molar refractivity (Wildman–Crippen MR) is 111 cm³/mol. The molecule has 0 saturated carbocycles. The highest BCUT2D eigenvalue weighted by molar-refractivity contribution is 5.95. The third-order valence-corrected chi connectivity index (χ3v) is 4.92. The van der Waals surface area contributed by atoms with Crippen LogP contribution in [0.4, 0.5) is 4.39 Å². The molecule has 7 nitrogen and oxygen atoms in total. The minimum Gasteiger partial charge on any atom is -0.350 e. The third kappa shape index (κ3) is 3.84. The SMILES string of the molecule is Cc1ccccc1C(=O)NCCn1ncc2c(=O)n(Cc3ccccc3F)cnc21. The van der Waals surface area contributed by atoms with Crippen molar-refractivity contribution in [3.05, 3.63) is 93.9 Å². The van der Waals surface area contributed by atoms with E-state index >= 15 is 0 Å². The maximum absolute atomic E-state index is 13.9. The fraction of sp³-hybridized carbons (Fsp3) is 0.182. The van der Waals surface area contributed by atoms with Crippen LogP contribution in [0, 0.1) is 12.7 Å². The average molecular weight is 405 g/mol. The molecule has 0 aliphatic carbocycles. The summed E-state index contributed by atoms with van der Waals surface area (Å²) in [4.78, 5) is 29.4. The summed E-state index contributed by atoms with van der Waals surface area (Å²) in [6.45, 7) is 2.67. The molecule has 4 rings (SSSR count). The molecule has 0 bridgehead atoms. The van der Waals surface area contributed by atoms with Crippen molar-refractivity contribution < 1.29 is 9.18 Å². The van der Waals surface area contributed by atoms with Crippen LogP contribution in [0.5, 0.6) is 0 Å². The van der Waals surface area contributed by atoms with Gasteiger partial charge in [0, 0.05) is 17.7 Å². The molecule has 8 heteroatoms. The van der Waals surface area contributed by atoms with Crippen LogP contribution in [0.15, 0.2) is 65.8 Å². The smallest absolute Gasteiger partial charge is 0.264 e. The van der Waals surface area contributed by atoms with Crippen LogP contribution in [0.25, 0.3) is 11.0 Å². The first-order chi connectivity index (χ1) is 14.5. The van der Waals surface area contributed by atoms with Gasteiger partial charge in [-0.05, 0) is 24.6 Å². The van der Waals surface area contributed by atoms with E-state index in [1.54, 1.807) is 28.9 Å². The number of rotatable bonds is 6. The lowest BCUT2D eigenvalue weighted by molar-refractivity contribution is 0.0951. The fourth-order valence-electron chi connectivity index (χ4n) is 3.28. The summed E-state index contributed by atoms with van der Waals surface area (Å²) >= 11 is 0. The molecule has 0 saturated heterocycles. The summed E-state index contributed by atoms with van der Waals surface area (Å²) in [6.07, 6.45) is 2.84. The van der Waals surface area contributed by atoms with Crippen molar-refractivity contribution in [3.8, 4) is 0 Å². The molecule has 0 atom stereocenters. The van der Waals surface area contributed by atoms with E-state index in [0.29, 0.717) is 35.2 Å². The zero-order valence-electron chi connectivity index (χ0n) is 16.4. The van der Waals surface area contributed by atoms with E-state index in [2.05, 4.69) is 15.4 Å². The Morgan fingerprint density at radius 3 is 2.70 bits per heavy atom. The van der Waals surface area contributed by atoms with E-state index in [9.17, 15) is 14.0 Å². The highest BCUT2D eigenvalue weighted by Gasteiger charge is 2.12. The molecule has 0 aliphatic rings. The Morgan fingerprint density at radius 2 is 1.90 bits per heavy atom. The van der Waals surface area contributed by atoms with E-state index in [0.717, 1.165) is 5.56 Å². The summed E-state index contributed by atoms with van der Waals surface area (Å²) < 4.78 is 16.8. The number of aromatic nitrogens is 4. The van der Waals surface area contributed by atoms with Gasteiger partial charge in [0.25, 0.3) is 11.5 Å². The summed E-state index contributed by atoms with van der Waals surface area (Å²) in [7, 11) is 0. The summed E-state index contributed by atoms with van der Waals surface area (Å²) in [5, 5.41) is 7.43. The predicted octanol–water partition coefficient (Wildman–Crippen LogP) is 2.52. The number of nitrogens with zero attached hydrogens (tertiary/aromatic N) is 4. The second-order valence-electron chi connectivity index (χ2n) is 6.94. The molecule has 0 fully saturated rings. The third-order valence-electron chi connectivity index (χ3n) is 4.92. The first-order valence-corrected chi connectivity index (χ1v) is 9.53. The number of carbonyl (C=O) groups excluding carboxylic acids is 1. The molecule has 1 amide bonds. The Balaban J connectivity index is 1.48. The van der Waals surface area contributed by atoms with E-state index < -0.39 is 0 Å². The Kier molecular flexibility index (Phi) is 5.38. The quantitative estimate of drug-likeness (QED) is 0.534. The van der Waals surface area contributed by atoms with Crippen LogP contribution < -0.4 is 10.9 Å². The monoisotopic (exact) mass is 405 g/mol. The second kappa shape index (κ2) is 8.28. The Labute approximate surface area is 171 Å². The van der Waals surface area contributed by atoms with Gasteiger partial charge in [-0.15, -0.1) is 0 Å². The highest BCUT2D eigenvalue weighted by Crippen LogP contribution is 2.10. The minimum absolute atomic E-state index is 0.0894. The first kappa shape index (κ1) is 19.5. The molecule has 0 aliphatic heterocycles. The van der Waals surface area contributed by atoms with Crippen LogP contribution in [0.1, 0.15) is 21.5 Å². The van der Waals surface area contributed by atoms with E-state index in [4.69, 9.17) is 0 Å². The molecule has 0 radical (unpaired) electrons. The summed E-state index contributed by atoms with van der Waals surface area (Å²) in [5.41, 5.74) is 2.06. The van der Waals surface area contributed by atoms with Crippen LogP contribution in [-0.2, 0) is 13.1 Å². The van der Waals surface area contributed by atoms with Gasteiger partial charge in [0.2, 0.25) is 0 Å². The number of benzene rings is 2. The molecule has 30 heavy (non-hydrogen) atoms. The topological polar surface area (TPSA) is 81.8 Å². The molecular weight excluding hydrogens is 385 g/mol. The maximum Gasteiger partial charge on any atom is 0.264 e. The lowest BCUT2D eigenvalue weighted by Crippen LogP contribution is -2.28. The molecule has 2 heterocycles. The van der Waals surface area contributed by atoms with Crippen molar-refractivity contribution in [3.63, 3.8) is 0 Å². The van der Waals surface area contributed by atoms with Gasteiger partial charge in [-0.1, -0.05) is 36.4 Å². The van der Waals surface area contributed by atoms with Crippen molar-refractivity contribution >= 4 is 16.9 Å². The van der Waals surface area contributed by atoms with Gasteiger partial charge in [-0.25, -0.2) is 14.1 Å². The zero-order valence-corrected chi connectivity index (χ0v) is 16.4. The number of nitrogens with one attached hydrogen (secondary N) is 1. The van der Waals surface area contributed by atoms with Crippen LogP contribution in [0.2, 0.25) is 0 Å². The molecule has 0 spiro atoms. The maximum atomic E-state index is 13.9. The molecule has 4 aromatic rings. The van der Waals surface area contributed by atoms with Gasteiger partial charge < -0.3 is 5.32 Å². The molecule has 0 unspecified atom stereocenters. The van der Waals surface area contributed by atoms with Gasteiger partial charge in [-0.3, -0.25) is 14.2 Å². The van der Waals surface area contributed by atoms with Crippen molar-refractivity contribution in [1.82, 2.24) is 24.6 Å². The summed E-state index contributed by atoms with van der Waals surface area (Å²) in [6, 6.07) is 13.7. The minimum atomic E-state index is -0.371. The number of aryl methyl sites for hydroxylation is 1. The number of halogens is 1. The number of amides is 1. The highest BCUT2D eigenvalue weighted by atomic mass is 19.1. The molecule has 2 aromatic carbocycles. The number of hydrogen-bond acceptors (Lipinski definition) is 4. The molecule has 152 valence electrons. The lowest BCUT2D eigenvalue weighted by atomic mass is 10.1. The van der Waals surface area contributed by atoms with Gasteiger partial charge in [0.05, 0.1) is 19.3 Å². The Hall–Kier alpha value is -3.81. The van der Waals surface area contributed by atoms with Crippen molar-refractivity contribution in [2.24, 2.45) is 0 Å². The molecule has 2 aromatic heterocycles. The van der Waals surface area contributed by atoms with Crippen molar-refractivity contribution in [2.75, 3.05) is 6.54 Å². The van der Waals surface area contributed by atoms with Gasteiger partial charge in [0.1, 0.15) is 17.5 Å². The molecular formula is C22H20FN5O2. The Bertz CT molecular complexity index is 1280. The van der Waals surface area contributed by atoms with E-state index in [1.165, 1.54) is 23.2 Å². The normalized spacial score (nSPS) is 11.0. The lowest BCUT2D eigenvalue weighted by Gasteiger charge is -2.09. The van der Waals surface area contributed by atoms with Gasteiger partial charge in [-0.2, -0.15) is 5.10 Å². The fourth-order valence-corrected chi connectivity index (χ4v) is 3.28. The number of hydrogen-bond donors (Lipinski definition) is 1. The standard InChI is InChI=1S/C22H20FN5O2/c1-15-6-2-4-8-17(15)21(29)24-10-11-28-20-18(12-26-28)22(30)27(14-25-20)13-16-7-3-5-9-19(16)23/h2-9,12,14H,10-11,13H2,1H3,(H,24,29). The largest absolute Gasteiger partial charge is 0.350 e. The van der Waals surface area contributed by atoms with Crippen molar-refractivity contribution in [2.45, 2.75) is 20.0 Å². The first-order valence-electron chi connectivity index (χ1n) is 9.53. The number of fused-ring (bicyclic) bond motifs is 1. The van der Waals surface area contributed by atoms with Gasteiger partial charge >= 0.3 is 0 Å². The van der Waals surface area contributed by atoms with Crippen LogP contribution in [-0.4, -0.2) is 31.8 Å². The molecule has 1 N–H and O–H groups in total. The van der Waals surface area contributed by atoms with Crippen LogP contribution >= 0.6 is 0 Å². The van der Waals surface area contributed by atoms with E-state index in [-0.39, 0.29) is 23.8 Å². The average Bonchev–Trinajstić information content (AvgIpc) is 3.15. The zero-order chi connectivity index (χ0) is 21.1. The van der Waals surface area contributed by atoms with Crippen molar-refractivity contribution in [1.29, 1.82) is 0 Å². The second-order valence-corrected chi connectivity index (χ2v) is 6.94. The van der Waals surface area contributed by atoms with Crippen LogP contribution in [0.3, 0.4) is 0 Å². The van der Waals surface area contributed by atoms with E-state index in [1.807, 2.05) is 25.1 Å². The number of carbonyl (C=O) groups is 1.